The molecule has 0 radical (unpaired) electrons. The number of hydrogen-bond acceptors (Lipinski definition) is 4. The maximum absolute atomic E-state index is 13.1. The van der Waals surface area contributed by atoms with E-state index in [4.69, 9.17) is 5.73 Å². The fourth-order valence-electron chi connectivity index (χ4n) is 4.00. The summed E-state index contributed by atoms with van der Waals surface area (Å²) >= 11 is 0. The summed E-state index contributed by atoms with van der Waals surface area (Å²) in [5.74, 6) is -0.872. The minimum atomic E-state index is -0.607. The number of H-pyrrole nitrogens is 1. The number of piperidine rings is 1. The number of nitrogens with one attached hydrogen (secondary N) is 1. The molecule has 156 valence electrons. The van der Waals surface area contributed by atoms with Crippen LogP contribution in [0.1, 0.15) is 28.8 Å². The van der Waals surface area contributed by atoms with E-state index in [2.05, 4.69) is 4.98 Å². The van der Waals surface area contributed by atoms with Gasteiger partial charge in [-0.3, -0.25) is 14.4 Å². The Balaban J connectivity index is 1.76. The molecule has 9 nitrogen and oxygen atoms in total. The normalized spacial score (nSPS) is 14.9. The van der Waals surface area contributed by atoms with Crippen LogP contribution in [0.15, 0.2) is 40.1 Å². The van der Waals surface area contributed by atoms with Crippen LogP contribution in [0.4, 0.5) is 0 Å². The van der Waals surface area contributed by atoms with Gasteiger partial charge in [0.1, 0.15) is 5.52 Å². The quantitative estimate of drug-likeness (QED) is 0.660. The summed E-state index contributed by atoms with van der Waals surface area (Å²) in [6, 6.07) is 7.05. The molecule has 3 N–H and O–H groups in total. The zero-order valence-corrected chi connectivity index (χ0v) is 16.8. The van der Waals surface area contributed by atoms with Crippen molar-refractivity contribution in [2.24, 2.45) is 18.7 Å². The molecular formula is C21H23N5O4. The Morgan fingerprint density at radius 1 is 1.10 bits per heavy atom. The van der Waals surface area contributed by atoms with Gasteiger partial charge in [0.15, 0.2) is 0 Å². The second kappa shape index (κ2) is 7.33. The lowest BCUT2D eigenvalue weighted by Crippen LogP contribution is -2.41. The zero-order chi connectivity index (χ0) is 21.6. The van der Waals surface area contributed by atoms with Crippen LogP contribution in [0.5, 0.6) is 0 Å². The first-order valence-corrected chi connectivity index (χ1v) is 9.78. The van der Waals surface area contributed by atoms with E-state index in [1.807, 2.05) is 19.1 Å². The SMILES string of the molecule is Cc1ccc(-n2c(=O)[nH]c3c(C(=O)N4CCC(C(N)=O)CC4)cn(C)c3c2=O)cc1. The van der Waals surface area contributed by atoms with Gasteiger partial charge >= 0.3 is 5.69 Å². The Bertz CT molecular complexity index is 1260. The molecule has 1 fully saturated rings. The fourth-order valence-corrected chi connectivity index (χ4v) is 4.00. The molecule has 0 atom stereocenters. The Hall–Kier alpha value is -3.62. The van der Waals surface area contributed by atoms with Crippen molar-refractivity contribution in [3.63, 3.8) is 0 Å². The number of hydrogen-bond donors (Lipinski definition) is 2. The number of aromatic amines is 1. The molecule has 4 rings (SSSR count). The molecule has 1 aliphatic heterocycles. The van der Waals surface area contributed by atoms with Crippen LogP contribution in [0.2, 0.25) is 0 Å². The summed E-state index contributed by atoms with van der Waals surface area (Å²) in [5, 5.41) is 0. The van der Waals surface area contributed by atoms with Crippen molar-refractivity contribution in [2.45, 2.75) is 19.8 Å². The van der Waals surface area contributed by atoms with E-state index >= 15 is 0 Å². The third kappa shape index (κ3) is 3.22. The largest absolute Gasteiger partial charge is 0.369 e. The smallest absolute Gasteiger partial charge is 0.333 e. The number of nitrogens with zero attached hydrogens (tertiary/aromatic N) is 3. The van der Waals surface area contributed by atoms with Gasteiger partial charge in [-0.05, 0) is 31.9 Å². The fraction of sp³-hybridized carbons (Fsp3) is 0.333. The maximum Gasteiger partial charge on any atom is 0.333 e. The number of nitrogens with two attached hydrogens (primary N) is 1. The Morgan fingerprint density at radius 3 is 2.33 bits per heavy atom. The third-order valence-corrected chi connectivity index (χ3v) is 5.73. The van der Waals surface area contributed by atoms with Crippen molar-refractivity contribution in [3.05, 3.63) is 62.4 Å². The van der Waals surface area contributed by atoms with E-state index in [0.29, 0.717) is 31.6 Å². The summed E-state index contributed by atoms with van der Waals surface area (Å²) in [7, 11) is 1.66. The predicted molar refractivity (Wildman–Crippen MR) is 112 cm³/mol. The van der Waals surface area contributed by atoms with Crippen LogP contribution in [0.3, 0.4) is 0 Å². The van der Waals surface area contributed by atoms with Gasteiger partial charge in [0, 0.05) is 32.3 Å². The van der Waals surface area contributed by atoms with Gasteiger partial charge in [0.25, 0.3) is 11.5 Å². The standard InChI is InChI=1S/C21H23N5O4/c1-12-3-5-14(6-4-12)26-20(29)17-16(23-21(26)30)15(11-24(17)2)19(28)25-9-7-13(8-10-25)18(22)27/h3-6,11,13H,7-10H2,1-2H3,(H2,22,27)(H,23,30). The number of fused-ring (bicyclic) bond motifs is 1. The highest BCUT2D eigenvalue weighted by Gasteiger charge is 2.29. The van der Waals surface area contributed by atoms with Crippen molar-refractivity contribution in [1.29, 1.82) is 0 Å². The molecule has 0 aliphatic carbocycles. The lowest BCUT2D eigenvalue weighted by atomic mass is 9.96. The number of benzene rings is 1. The summed E-state index contributed by atoms with van der Waals surface area (Å²) < 4.78 is 2.62. The summed E-state index contributed by atoms with van der Waals surface area (Å²) in [5.41, 5.74) is 6.44. The molecule has 3 heterocycles. The van der Waals surface area contributed by atoms with Crippen LogP contribution >= 0.6 is 0 Å². The molecule has 2 amide bonds. The van der Waals surface area contributed by atoms with E-state index in [1.165, 1.54) is 0 Å². The Labute approximate surface area is 171 Å². The van der Waals surface area contributed by atoms with Crippen LogP contribution in [0.25, 0.3) is 16.7 Å². The van der Waals surface area contributed by atoms with E-state index in [1.54, 1.807) is 34.8 Å². The minimum Gasteiger partial charge on any atom is -0.369 e. The average molecular weight is 409 g/mol. The second-order valence-corrected chi connectivity index (χ2v) is 7.75. The molecule has 1 saturated heterocycles. The van der Waals surface area contributed by atoms with Gasteiger partial charge < -0.3 is 20.2 Å². The van der Waals surface area contributed by atoms with Crippen LogP contribution in [-0.2, 0) is 11.8 Å². The highest BCUT2D eigenvalue weighted by Crippen LogP contribution is 2.22. The van der Waals surface area contributed by atoms with Crippen molar-refractivity contribution in [1.82, 2.24) is 19.0 Å². The summed E-state index contributed by atoms with van der Waals surface area (Å²) in [6.45, 7) is 2.71. The first-order chi connectivity index (χ1) is 14.3. The molecule has 0 unspecified atom stereocenters. The monoisotopic (exact) mass is 409 g/mol. The van der Waals surface area contributed by atoms with Crippen molar-refractivity contribution in [2.75, 3.05) is 13.1 Å². The highest BCUT2D eigenvalue weighted by molar-refractivity contribution is 6.05. The predicted octanol–water partition coefficient (Wildman–Crippen LogP) is 0.663. The summed E-state index contributed by atoms with van der Waals surface area (Å²) in [4.78, 5) is 54.7. The van der Waals surface area contributed by atoms with E-state index in [0.717, 1.165) is 10.1 Å². The number of amides is 2. The molecule has 1 aliphatic rings. The second-order valence-electron chi connectivity index (χ2n) is 7.75. The van der Waals surface area contributed by atoms with Crippen molar-refractivity contribution < 1.29 is 9.59 Å². The number of aromatic nitrogens is 3. The van der Waals surface area contributed by atoms with Gasteiger partial charge in [0.2, 0.25) is 5.91 Å². The van der Waals surface area contributed by atoms with E-state index < -0.39 is 11.2 Å². The molecule has 0 spiro atoms. The number of aryl methyl sites for hydroxylation is 2. The lowest BCUT2D eigenvalue weighted by Gasteiger charge is -2.30. The van der Waals surface area contributed by atoms with Gasteiger partial charge in [0.05, 0.1) is 16.8 Å². The number of primary amides is 1. The Morgan fingerprint density at radius 2 is 1.73 bits per heavy atom. The van der Waals surface area contributed by atoms with Gasteiger partial charge in [-0.1, -0.05) is 17.7 Å². The van der Waals surface area contributed by atoms with E-state index in [9.17, 15) is 19.2 Å². The van der Waals surface area contributed by atoms with Crippen molar-refractivity contribution >= 4 is 22.8 Å². The van der Waals surface area contributed by atoms with Crippen LogP contribution in [0, 0.1) is 12.8 Å². The van der Waals surface area contributed by atoms with Crippen LogP contribution < -0.4 is 17.0 Å². The zero-order valence-electron chi connectivity index (χ0n) is 16.8. The highest BCUT2D eigenvalue weighted by atomic mass is 16.2. The maximum atomic E-state index is 13.1. The van der Waals surface area contributed by atoms with Gasteiger partial charge in [-0.15, -0.1) is 0 Å². The number of likely N-dealkylation sites (tertiary alicyclic amines) is 1. The molecule has 3 aromatic rings. The molecule has 30 heavy (non-hydrogen) atoms. The molecule has 0 saturated carbocycles. The topological polar surface area (TPSA) is 123 Å². The Kier molecular flexibility index (Phi) is 4.81. The molecule has 9 heteroatoms. The number of carbonyl (C=O) groups is 2. The number of rotatable bonds is 3. The first kappa shape index (κ1) is 19.7. The van der Waals surface area contributed by atoms with Crippen molar-refractivity contribution in [3.8, 4) is 5.69 Å². The third-order valence-electron chi connectivity index (χ3n) is 5.73. The molecule has 1 aromatic carbocycles. The minimum absolute atomic E-state index is 0.220. The van der Waals surface area contributed by atoms with Gasteiger partial charge in [-0.25, -0.2) is 9.36 Å². The van der Waals surface area contributed by atoms with E-state index in [-0.39, 0.29) is 34.3 Å². The average Bonchev–Trinajstić information content (AvgIpc) is 3.05. The molecule has 0 bridgehead atoms. The molecular weight excluding hydrogens is 386 g/mol. The summed E-state index contributed by atoms with van der Waals surface area (Å²) in [6.07, 6.45) is 2.56. The first-order valence-electron chi connectivity index (χ1n) is 9.78. The molecule has 2 aromatic heterocycles. The number of carbonyl (C=O) groups excluding carboxylic acids is 2. The lowest BCUT2D eigenvalue weighted by molar-refractivity contribution is -0.123. The van der Waals surface area contributed by atoms with Gasteiger partial charge in [-0.2, -0.15) is 0 Å². The van der Waals surface area contributed by atoms with Crippen LogP contribution in [-0.4, -0.2) is 43.9 Å².